The predicted octanol–water partition coefficient (Wildman–Crippen LogP) is 3.02. The first kappa shape index (κ1) is 14.4. The number of hydrogen-bond acceptors (Lipinski definition) is 2. The summed E-state index contributed by atoms with van der Waals surface area (Å²) in [6.45, 7) is 1.26. The van der Waals surface area contributed by atoms with Crippen molar-refractivity contribution in [2.45, 2.75) is 19.4 Å². The van der Waals surface area contributed by atoms with Crippen molar-refractivity contribution in [2.24, 2.45) is 5.92 Å². The minimum atomic E-state index is -0.792. The Bertz CT molecular complexity index is 488. The number of aliphatic carboxylic acids is 1. The molecule has 104 valence electrons. The predicted molar refractivity (Wildman–Crippen MR) is 69.7 cm³/mol. The first-order chi connectivity index (χ1) is 8.99. The molecule has 0 saturated carbocycles. The van der Waals surface area contributed by atoms with Crippen LogP contribution in [0.4, 0.5) is 8.78 Å². The molecule has 19 heavy (non-hydrogen) atoms. The van der Waals surface area contributed by atoms with Crippen LogP contribution < -0.4 is 0 Å². The Morgan fingerprint density at radius 3 is 2.58 bits per heavy atom. The van der Waals surface area contributed by atoms with Crippen LogP contribution in [-0.2, 0) is 11.3 Å². The van der Waals surface area contributed by atoms with E-state index >= 15 is 0 Å². The van der Waals surface area contributed by atoms with E-state index in [0.29, 0.717) is 25.9 Å². The third kappa shape index (κ3) is 3.30. The molecule has 0 atom stereocenters. The van der Waals surface area contributed by atoms with Gasteiger partial charge in [-0.1, -0.05) is 0 Å². The highest BCUT2D eigenvalue weighted by molar-refractivity contribution is 9.10. The smallest absolute Gasteiger partial charge is 0.306 e. The molecule has 0 unspecified atom stereocenters. The molecule has 1 aromatic rings. The number of nitrogens with zero attached hydrogens (tertiary/aromatic N) is 1. The Kier molecular flexibility index (Phi) is 4.52. The van der Waals surface area contributed by atoms with Crippen LogP contribution in [0.2, 0.25) is 0 Å². The van der Waals surface area contributed by atoms with Gasteiger partial charge >= 0.3 is 5.97 Å². The van der Waals surface area contributed by atoms with Crippen LogP contribution in [0, 0.1) is 17.6 Å². The van der Waals surface area contributed by atoms with Crippen LogP contribution in [0.3, 0.4) is 0 Å². The zero-order valence-corrected chi connectivity index (χ0v) is 11.8. The minimum Gasteiger partial charge on any atom is -0.481 e. The van der Waals surface area contributed by atoms with Gasteiger partial charge in [-0.05, 0) is 54.0 Å². The normalized spacial score (nSPS) is 17.6. The van der Waals surface area contributed by atoms with E-state index in [9.17, 15) is 13.6 Å². The van der Waals surface area contributed by atoms with Crippen LogP contribution in [0.25, 0.3) is 0 Å². The molecule has 2 rings (SSSR count). The third-order valence-electron chi connectivity index (χ3n) is 3.46. The number of likely N-dealkylation sites (tertiary alicyclic amines) is 1. The number of rotatable bonds is 3. The first-order valence-corrected chi connectivity index (χ1v) is 6.86. The summed E-state index contributed by atoms with van der Waals surface area (Å²) >= 11 is 3.04. The molecular formula is C13H14BrF2NO2. The van der Waals surface area contributed by atoms with Gasteiger partial charge in [0.25, 0.3) is 0 Å². The van der Waals surface area contributed by atoms with Crippen molar-refractivity contribution < 1.29 is 18.7 Å². The Morgan fingerprint density at radius 2 is 2.00 bits per heavy atom. The fraction of sp³-hybridized carbons (Fsp3) is 0.462. The molecule has 1 aromatic carbocycles. The van der Waals surface area contributed by atoms with Crippen molar-refractivity contribution in [1.29, 1.82) is 0 Å². The summed E-state index contributed by atoms with van der Waals surface area (Å²) in [4.78, 5) is 12.7. The number of carboxylic acid groups (broad SMARTS) is 1. The number of carboxylic acids is 1. The molecule has 1 fully saturated rings. The van der Waals surface area contributed by atoms with E-state index in [1.54, 1.807) is 0 Å². The average Bonchev–Trinajstić information content (AvgIpc) is 2.40. The molecule has 1 aliphatic heterocycles. The third-order valence-corrected chi connectivity index (χ3v) is 4.07. The second-order valence-corrected chi connectivity index (χ2v) is 5.56. The lowest BCUT2D eigenvalue weighted by Gasteiger charge is -2.30. The van der Waals surface area contributed by atoms with Crippen LogP contribution in [0.1, 0.15) is 18.4 Å². The number of benzene rings is 1. The van der Waals surface area contributed by atoms with E-state index in [0.717, 1.165) is 0 Å². The Balaban J connectivity index is 2.04. The molecule has 0 amide bonds. The number of carbonyl (C=O) groups is 1. The summed E-state index contributed by atoms with van der Waals surface area (Å²) in [5, 5.41) is 8.89. The van der Waals surface area contributed by atoms with Crippen LogP contribution in [-0.4, -0.2) is 29.1 Å². The molecule has 0 aliphatic carbocycles. The minimum absolute atomic E-state index is 0.0307. The van der Waals surface area contributed by atoms with Crippen LogP contribution >= 0.6 is 15.9 Å². The zero-order chi connectivity index (χ0) is 14.0. The molecule has 0 aromatic heterocycles. The maximum atomic E-state index is 13.8. The Labute approximate surface area is 118 Å². The quantitative estimate of drug-likeness (QED) is 0.864. The van der Waals surface area contributed by atoms with Gasteiger partial charge in [-0.2, -0.15) is 0 Å². The highest BCUT2D eigenvalue weighted by atomic mass is 79.9. The number of piperidine rings is 1. The second-order valence-electron chi connectivity index (χ2n) is 4.71. The van der Waals surface area contributed by atoms with Gasteiger partial charge in [0.1, 0.15) is 11.6 Å². The lowest BCUT2D eigenvalue weighted by molar-refractivity contribution is -0.143. The molecule has 1 N–H and O–H groups in total. The van der Waals surface area contributed by atoms with E-state index in [1.165, 1.54) is 12.1 Å². The Hall–Kier alpha value is -1.01. The second kappa shape index (κ2) is 5.96. The van der Waals surface area contributed by atoms with Crippen LogP contribution in [0.5, 0.6) is 0 Å². The fourth-order valence-corrected chi connectivity index (χ4v) is 2.65. The van der Waals surface area contributed by atoms with Crippen LogP contribution in [0.15, 0.2) is 16.6 Å². The van der Waals surface area contributed by atoms with Gasteiger partial charge in [0.15, 0.2) is 0 Å². The summed E-state index contributed by atoms with van der Waals surface area (Å²) < 4.78 is 27.7. The van der Waals surface area contributed by atoms with Crippen molar-refractivity contribution in [3.63, 3.8) is 0 Å². The largest absolute Gasteiger partial charge is 0.481 e. The summed E-state index contributed by atoms with van der Waals surface area (Å²) in [7, 11) is 0. The van der Waals surface area contributed by atoms with E-state index in [1.807, 2.05) is 4.90 Å². The molecule has 6 heteroatoms. The highest BCUT2D eigenvalue weighted by Crippen LogP contribution is 2.25. The molecule has 0 spiro atoms. The van der Waals surface area contributed by atoms with Gasteiger partial charge in [-0.25, -0.2) is 8.78 Å². The lowest BCUT2D eigenvalue weighted by Crippen LogP contribution is -2.36. The maximum Gasteiger partial charge on any atom is 0.306 e. The molecule has 1 aliphatic rings. The summed E-state index contributed by atoms with van der Waals surface area (Å²) in [5.41, 5.74) is 0.0307. The molecule has 1 heterocycles. The zero-order valence-electron chi connectivity index (χ0n) is 10.2. The summed E-state index contributed by atoms with van der Waals surface area (Å²) in [6, 6.07) is 2.57. The van der Waals surface area contributed by atoms with E-state index in [4.69, 9.17) is 5.11 Å². The summed E-state index contributed by atoms with van der Waals surface area (Å²) in [5.74, 6) is -2.28. The average molecular weight is 334 g/mol. The monoisotopic (exact) mass is 333 g/mol. The summed E-state index contributed by atoms with van der Waals surface area (Å²) in [6.07, 6.45) is 1.04. The fourth-order valence-electron chi connectivity index (χ4n) is 2.28. The molecular weight excluding hydrogens is 320 g/mol. The highest BCUT2D eigenvalue weighted by Gasteiger charge is 2.25. The Morgan fingerprint density at radius 1 is 1.37 bits per heavy atom. The van der Waals surface area contributed by atoms with Crippen molar-refractivity contribution >= 4 is 21.9 Å². The van der Waals surface area contributed by atoms with Gasteiger partial charge in [0, 0.05) is 12.1 Å². The lowest BCUT2D eigenvalue weighted by atomic mass is 9.97. The van der Waals surface area contributed by atoms with E-state index in [-0.39, 0.29) is 22.5 Å². The van der Waals surface area contributed by atoms with Crippen molar-refractivity contribution in [2.75, 3.05) is 13.1 Å². The number of halogens is 3. The van der Waals surface area contributed by atoms with Gasteiger partial charge in [0.2, 0.25) is 0 Å². The van der Waals surface area contributed by atoms with Crippen molar-refractivity contribution in [3.8, 4) is 0 Å². The van der Waals surface area contributed by atoms with Gasteiger partial charge in [0.05, 0.1) is 10.4 Å². The van der Waals surface area contributed by atoms with E-state index in [2.05, 4.69) is 15.9 Å². The topological polar surface area (TPSA) is 40.5 Å². The first-order valence-electron chi connectivity index (χ1n) is 6.06. The van der Waals surface area contributed by atoms with Gasteiger partial charge in [-0.15, -0.1) is 0 Å². The molecule has 3 nitrogen and oxygen atoms in total. The maximum absolute atomic E-state index is 13.8. The van der Waals surface area contributed by atoms with E-state index < -0.39 is 17.6 Å². The van der Waals surface area contributed by atoms with Gasteiger partial charge in [-0.3, -0.25) is 9.69 Å². The van der Waals surface area contributed by atoms with Gasteiger partial charge < -0.3 is 5.11 Å². The SMILES string of the molecule is O=C(O)C1CCN(Cc2c(F)ccc(Br)c2F)CC1. The number of hydrogen-bond donors (Lipinski definition) is 1. The molecule has 1 saturated heterocycles. The van der Waals surface area contributed by atoms with Crippen molar-refractivity contribution in [3.05, 3.63) is 33.8 Å². The van der Waals surface area contributed by atoms with Crippen molar-refractivity contribution in [1.82, 2.24) is 4.90 Å². The standard InChI is InChI=1S/C13H14BrF2NO2/c14-10-1-2-11(15)9(12(10)16)7-17-5-3-8(4-6-17)13(18)19/h1-2,8H,3-7H2,(H,18,19). The molecule has 0 radical (unpaired) electrons. The molecule has 0 bridgehead atoms.